The van der Waals surface area contributed by atoms with E-state index in [9.17, 15) is 9.50 Å². The Bertz CT molecular complexity index is 446. The molecule has 1 unspecified atom stereocenters. The van der Waals surface area contributed by atoms with Crippen molar-refractivity contribution >= 4 is 0 Å². The second kappa shape index (κ2) is 7.34. The zero-order valence-corrected chi connectivity index (χ0v) is 13.1. The van der Waals surface area contributed by atoms with Crippen molar-refractivity contribution in [2.75, 3.05) is 27.2 Å². The van der Waals surface area contributed by atoms with Gasteiger partial charge in [-0.15, -0.1) is 0 Å². The highest BCUT2D eigenvalue weighted by Gasteiger charge is 2.32. The average molecular weight is 294 g/mol. The van der Waals surface area contributed by atoms with Gasteiger partial charge >= 0.3 is 0 Å². The van der Waals surface area contributed by atoms with Gasteiger partial charge in [-0.05, 0) is 46.0 Å². The van der Waals surface area contributed by atoms with Crippen molar-refractivity contribution in [3.8, 4) is 0 Å². The maximum Gasteiger partial charge on any atom is 0.127 e. The van der Waals surface area contributed by atoms with Crippen LogP contribution in [0.4, 0.5) is 4.39 Å². The van der Waals surface area contributed by atoms with Crippen LogP contribution in [0.5, 0.6) is 0 Å². The average Bonchev–Trinajstić information content (AvgIpc) is 2.87. The maximum atomic E-state index is 13.8. The minimum atomic E-state index is -0.512. The van der Waals surface area contributed by atoms with Crippen LogP contribution in [-0.4, -0.2) is 42.8 Å². The third-order valence-corrected chi connectivity index (χ3v) is 4.53. The molecular formula is C17H27FN2O. The van der Waals surface area contributed by atoms with Gasteiger partial charge in [0, 0.05) is 18.2 Å². The Morgan fingerprint density at radius 2 is 2.00 bits per heavy atom. The molecule has 1 saturated carbocycles. The smallest absolute Gasteiger partial charge is 0.127 e. The van der Waals surface area contributed by atoms with Crippen LogP contribution < -0.4 is 5.32 Å². The number of hydrogen-bond acceptors (Lipinski definition) is 3. The molecule has 2 rings (SSSR count). The number of likely N-dealkylation sites (N-methyl/N-ethyl adjacent to an activating group) is 1. The minimum absolute atomic E-state index is 0.00636. The highest BCUT2D eigenvalue weighted by molar-refractivity contribution is 5.21. The number of benzene rings is 1. The van der Waals surface area contributed by atoms with E-state index in [1.54, 1.807) is 6.07 Å². The Kier molecular flexibility index (Phi) is 5.73. The van der Waals surface area contributed by atoms with Crippen LogP contribution in [0.1, 0.15) is 43.7 Å². The fourth-order valence-electron chi connectivity index (χ4n) is 3.34. The van der Waals surface area contributed by atoms with E-state index in [0.717, 1.165) is 38.6 Å². The lowest BCUT2D eigenvalue weighted by molar-refractivity contribution is 0.0156. The molecule has 1 aromatic rings. The molecule has 0 aliphatic heterocycles. The molecule has 1 fully saturated rings. The van der Waals surface area contributed by atoms with Crippen molar-refractivity contribution in [1.29, 1.82) is 0 Å². The fraction of sp³-hybridized carbons (Fsp3) is 0.647. The van der Waals surface area contributed by atoms with Crippen LogP contribution in [0, 0.1) is 5.82 Å². The van der Waals surface area contributed by atoms with Crippen LogP contribution in [0.25, 0.3) is 0 Å². The van der Waals surface area contributed by atoms with Crippen LogP contribution in [0.2, 0.25) is 0 Å². The van der Waals surface area contributed by atoms with E-state index in [4.69, 9.17) is 0 Å². The highest BCUT2D eigenvalue weighted by Crippen LogP contribution is 2.30. The van der Waals surface area contributed by atoms with Crippen molar-refractivity contribution in [3.05, 3.63) is 35.6 Å². The van der Waals surface area contributed by atoms with E-state index in [0.29, 0.717) is 12.1 Å². The van der Waals surface area contributed by atoms with Crippen LogP contribution in [-0.2, 0) is 0 Å². The molecule has 0 amide bonds. The SMILES string of the molecule is CNC(CCN(C)CC1(O)CCCC1)c1ccccc1F. The molecule has 1 aliphatic rings. The maximum absolute atomic E-state index is 13.8. The van der Waals surface area contributed by atoms with Gasteiger partial charge in [0.15, 0.2) is 0 Å². The molecule has 21 heavy (non-hydrogen) atoms. The first-order chi connectivity index (χ1) is 10.0. The number of rotatable bonds is 7. The second-order valence-corrected chi connectivity index (χ2v) is 6.32. The molecule has 0 spiro atoms. The Morgan fingerprint density at radius 3 is 2.62 bits per heavy atom. The quantitative estimate of drug-likeness (QED) is 0.811. The molecule has 3 nitrogen and oxygen atoms in total. The van der Waals surface area contributed by atoms with E-state index in [2.05, 4.69) is 10.2 Å². The van der Waals surface area contributed by atoms with E-state index in [1.165, 1.54) is 6.07 Å². The lowest BCUT2D eigenvalue weighted by atomic mass is 10.0. The van der Waals surface area contributed by atoms with Crippen molar-refractivity contribution < 1.29 is 9.50 Å². The predicted molar refractivity (Wildman–Crippen MR) is 83.7 cm³/mol. The Morgan fingerprint density at radius 1 is 1.33 bits per heavy atom. The first-order valence-electron chi connectivity index (χ1n) is 7.87. The number of hydrogen-bond donors (Lipinski definition) is 2. The molecule has 1 aliphatic carbocycles. The molecule has 1 aromatic carbocycles. The van der Waals surface area contributed by atoms with E-state index < -0.39 is 5.60 Å². The topological polar surface area (TPSA) is 35.5 Å². The van der Waals surface area contributed by atoms with Crippen molar-refractivity contribution in [2.24, 2.45) is 0 Å². The van der Waals surface area contributed by atoms with Gasteiger partial charge in [-0.1, -0.05) is 31.0 Å². The van der Waals surface area contributed by atoms with Gasteiger partial charge in [-0.2, -0.15) is 0 Å². The molecule has 0 radical (unpaired) electrons. The van der Waals surface area contributed by atoms with E-state index in [1.807, 2.05) is 26.2 Å². The second-order valence-electron chi connectivity index (χ2n) is 6.32. The Balaban J connectivity index is 1.87. The summed E-state index contributed by atoms with van der Waals surface area (Å²) in [6.45, 7) is 1.54. The van der Waals surface area contributed by atoms with Crippen molar-refractivity contribution in [1.82, 2.24) is 10.2 Å². The lowest BCUT2D eigenvalue weighted by Gasteiger charge is -2.29. The molecule has 0 saturated heterocycles. The van der Waals surface area contributed by atoms with Crippen LogP contribution in [0.15, 0.2) is 24.3 Å². The summed E-state index contributed by atoms with van der Waals surface area (Å²) in [5.74, 6) is -0.158. The third-order valence-electron chi connectivity index (χ3n) is 4.53. The largest absolute Gasteiger partial charge is 0.389 e. The molecule has 4 heteroatoms. The monoisotopic (exact) mass is 294 g/mol. The summed E-state index contributed by atoms with van der Waals surface area (Å²) in [6.07, 6.45) is 4.88. The lowest BCUT2D eigenvalue weighted by Crippen LogP contribution is -2.40. The van der Waals surface area contributed by atoms with Gasteiger partial charge in [-0.25, -0.2) is 4.39 Å². The summed E-state index contributed by atoms with van der Waals surface area (Å²) in [6, 6.07) is 6.93. The zero-order chi connectivity index (χ0) is 15.3. The summed E-state index contributed by atoms with van der Waals surface area (Å²) in [7, 11) is 3.89. The molecule has 0 bridgehead atoms. The molecule has 0 heterocycles. The van der Waals surface area contributed by atoms with Crippen LogP contribution >= 0.6 is 0 Å². The highest BCUT2D eigenvalue weighted by atomic mass is 19.1. The summed E-state index contributed by atoms with van der Waals surface area (Å²) in [4.78, 5) is 2.16. The molecule has 1 atom stereocenters. The molecule has 0 aromatic heterocycles. The summed E-state index contributed by atoms with van der Waals surface area (Å²) in [5.41, 5.74) is 0.204. The predicted octanol–water partition coefficient (Wildman–Crippen LogP) is 2.71. The number of nitrogens with zero attached hydrogens (tertiary/aromatic N) is 1. The van der Waals surface area contributed by atoms with Gasteiger partial charge in [0.1, 0.15) is 5.82 Å². The summed E-state index contributed by atoms with van der Waals surface area (Å²) >= 11 is 0. The summed E-state index contributed by atoms with van der Waals surface area (Å²) in [5, 5.41) is 13.6. The van der Waals surface area contributed by atoms with Crippen molar-refractivity contribution in [2.45, 2.75) is 43.7 Å². The van der Waals surface area contributed by atoms with Gasteiger partial charge in [0.05, 0.1) is 5.60 Å². The normalized spacial score (nSPS) is 19.1. The molecule has 118 valence electrons. The van der Waals surface area contributed by atoms with Gasteiger partial charge in [0.25, 0.3) is 0 Å². The van der Waals surface area contributed by atoms with E-state index >= 15 is 0 Å². The van der Waals surface area contributed by atoms with Crippen LogP contribution in [0.3, 0.4) is 0 Å². The van der Waals surface area contributed by atoms with Crippen molar-refractivity contribution in [3.63, 3.8) is 0 Å². The third kappa shape index (κ3) is 4.50. The number of aliphatic hydroxyl groups is 1. The standard InChI is InChI=1S/C17H27FN2O/c1-19-16(14-7-3-4-8-15(14)18)9-12-20(2)13-17(21)10-5-6-11-17/h3-4,7-8,16,19,21H,5-6,9-13H2,1-2H3. The van der Waals surface area contributed by atoms with Gasteiger partial charge in [0.2, 0.25) is 0 Å². The van der Waals surface area contributed by atoms with Gasteiger partial charge < -0.3 is 15.3 Å². The Hall–Kier alpha value is -0.970. The zero-order valence-electron chi connectivity index (χ0n) is 13.1. The van der Waals surface area contributed by atoms with Gasteiger partial charge in [-0.3, -0.25) is 0 Å². The Labute approximate surface area is 127 Å². The van der Waals surface area contributed by atoms with E-state index in [-0.39, 0.29) is 11.9 Å². The molecule has 2 N–H and O–H groups in total. The number of nitrogens with one attached hydrogen (secondary N) is 1. The number of halogens is 1. The first-order valence-corrected chi connectivity index (χ1v) is 7.87. The fourth-order valence-corrected chi connectivity index (χ4v) is 3.34. The first kappa shape index (κ1) is 16.4. The minimum Gasteiger partial charge on any atom is -0.389 e. The molecular weight excluding hydrogens is 267 g/mol. The summed E-state index contributed by atoms with van der Waals surface area (Å²) < 4.78 is 13.8.